The third-order valence-corrected chi connectivity index (χ3v) is 10.1. The smallest absolute Gasteiger partial charge is 0.284 e. The Morgan fingerprint density at radius 2 is 0.880 bits per heavy atom. The highest BCUT2D eigenvalue weighted by atomic mass is 16.6. The molecule has 0 saturated heterocycles. The largest absolute Gasteiger partial charge is 0.456 e. The van der Waals surface area contributed by atoms with Gasteiger partial charge >= 0.3 is 0 Å². The Bertz CT molecular complexity index is 2900. The highest BCUT2D eigenvalue weighted by molar-refractivity contribution is 6.26. The van der Waals surface area contributed by atoms with Crippen molar-refractivity contribution in [1.29, 1.82) is 0 Å². The lowest BCUT2D eigenvalue weighted by Gasteiger charge is -2.18. The molecule has 0 aliphatic heterocycles. The first-order chi connectivity index (χ1) is 24.7. The average Bonchev–Trinajstić information content (AvgIpc) is 3.54. The van der Waals surface area contributed by atoms with Crippen molar-refractivity contribution in [2.75, 3.05) is 0 Å². The van der Waals surface area contributed by atoms with Gasteiger partial charge in [-0.3, -0.25) is 10.1 Å². The highest BCUT2D eigenvalue weighted by Gasteiger charge is 2.24. The van der Waals surface area contributed by atoms with Crippen molar-refractivity contribution in [3.8, 4) is 33.4 Å². The number of fused-ring (bicyclic) bond motifs is 7. The molecule has 234 valence electrons. The summed E-state index contributed by atoms with van der Waals surface area (Å²) in [6, 6.07) is 55.9. The standard InChI is InChI=1S/C46H27NO3/c48-47(49)46-36-21-10-8-19-34(36)43(35-20-9-11-22-37(35)46)29-25-26-38-41(27-29)50-40-24-12-23-39(45(38)40)44-32-17-6-4-15-30(32)42(28-13-2-1-3-14-28)31-16-5-7-18-33(31)44/h1-27H. The van der Waals surface area contributed by atoms with Gasteiger partial charge in [0, 0.05) is 10.8 Å². The van der Waals surface area contributed by atoms with Crippen LogP contribution >= 0.6 is 0 Å². The van der Waals surface area contributed by atoms with Gasteiger partial charge in [0.1, 0.15) is 11.2 Å². The molecule has 0 radical (unpaired) electrons. The van der Waals surface area contributed by atoms with Crippen LogP contribution in [-0.2, 0) is 0 Å². The summed E-state index contributed by atoms with van der Waals surface area (Å²) < 4.78 is 6.67. The van der Waals surface area contributed by atoms with E-state index < -0.39 is 0 Å². The number of benzene rings is 9. The topological polar surface area (TPSA) is 56.3 Å². The maximum absolute atomic E-state index is 12.3. The highest BCUT2D eigenvalue weighted by Crippen LogP contribution is 2.48. The van der Waals surface area contributed by atoms with Crippen molar-refractivity contribution in [1.82, 2.24) is 0 Å². The number of hydrogen-bond donors (Lipinski definition) is 0. The van der Waals surface area contributed by atoms with Crippen molar-refractivity contribution in [3.63, 3.8) is 0 Å². The molecule has 1 aromatic heterocycles. The Balaban J connectivity index is 1.27. The molecule has 0 fully saturated rings. The van der Waals surface area contributed by atoms with Gasteiger partial charge in [-0.1, -0.05) is 133 Å². The van der Waals surface area contributed by atoms with E-state index in [1.54, 1.807) is 0 Å². The lowest BCUT2D eigenvalue weighted by Crippen LogP contribution is -1.94. The number of rotatable bonds is 4. The fourth-order valence-electron chi connectivity index (χ4n) is 8.14. The lowest BCUT2D eigenvalue weighted by atomic mass is 9.85. The first kappa shape index (κ1) is 28.3. The van der Waals surface area contributed by atoms with Gasteiger partial charge in [-0.15, -0.1) is 0 Å². The zero-order valence-electron chi connectivity index (χ0n) is 26.8. The summed E-state index contributed by atoms with van der Waals surface area (Å²) in [6.07, 6.45) is 0. The summed E-state index contributed by atoms with van der Waals surface area (Å²) in [5.74, 6) is 0. The lowest BCUT2D eigenvalue weighted by molar-refractivity contribution is -0.381. The molecular formula is C46H27NO3. The second kappa shape index (κ2) is 10.9. The fourth-order valence-corrected chi connectivity index (χ4v) is 8.14. The average molecular weight is 642 g/mol. The Labute approximate surface area is 286 Å². The van der Waals surface area contributed by atoms with E-state index in [0.29, 0.717) is 10.8 Å². The van der Waals surface area contributed by atoms with Crippen LogP contribution in [0.15, 0.2) is 168 Å². The Kier molecular flexibility index (Phi) is 6.14. The summed E-state index contributed by atoms with van der Waals surface area (Å²) in [6.45, 7) is 0. The van der Waals surface area contributed by atoms with Gasteiger partial charge in [0.05, 0.1) is 15.7 Å². The van der Waals surface area contributed by atoms with E-state index in [1.807, 2.05) is 54.6 Å². The molecule has 50 heavy (non-hydrogen) atoms. The normalized spacial score (nSPS) is 11.8. The molecule has 0 N–H and O–H groups in total. The molecule has 10 rings (SSSR count). The monoisotopic (exact) mass is 641 g/mol. The van der Waals surface area contributed by atoms with Gasteiger partial charge < -0.3 is 4.42 Å². The Morgan fingerprint density at radius 1 is 0.400 bits per heavy atom. The third kappa shape index (κ3) is 4.06. The van der Waals surface area contributed by atoms with Crippen LogP contribution in [0.5, 0.6) is 0 Å². The summed E-state index contributed by atoms with van der Waals surface area (Å²) in [4.78, 5) is 12.1. The van der Waals surface area contributed by atoms with Crippen molar-refractivity contribution in [2.24, 2.45) is 0 Å². The van der Waals surface area contributed by atoms with E-state index in [0.717, 1.165) is 49.4 Å². The summed E-state index contributed by atoms with van der Waals surface area (Å²) in [7, 11) is 0. The van der Waals surface area contributed by atoms with Crippen molar-refractivity contribution >= 4 is 70.7 Å². The first-order valence-electron chi connectivity index (χ1n) is 16.7. The Morgan fingerprint density at radius 3 is 1.44 bits per heavy atom. The molecule has 0 amide bonds. The molecular weight excluding hydrogens is 615 g/mol. The number of non-ortho nitro benzene ring substituents is 1. The Hall–Kier alpha value is -6.78. The van der Waals surface area contributed by atoms with Gasteiger partial charge in [-0.05, 0) is 96.0 Å². The van der Waals surface area contributed by atoms with Crippen LogP contribution in [0, 0.1) is 10.1 Å². The molecule has 9 aromatic carbocycles. The van der Waals surface area contributed by atoms with Gasteiger partial charge in [-0.2, -0.15) is 0 Å². The predicted molar refractivity (Wildman–Crippen MR) is 207 cm³/mol. The van der Waals surface area contributed by atoms with Gasteiger partial charge in [-0.25, -0.2) is 0 Å². The van der Waals surface area contributed by atoms with E-state index in [1.165, 1.54) is 38.2 Å². The van der Waals surface area contributed by atoms with Crippen LogP contribution in [0.25, 0.3) is 98.4 Å². The van der Waals surface area contributed by atoms with Crippen LogP contribution in [0.4, 0.5) is 5.69 Å². The minimum atomic E-state index is -0.266. The number of nitrogens with zero attached hydrogens (tertiary/aromatic N) is 1. The summed E-state index contributed by atoms with van der Waals surface area (Å²) >= 11 is 0. The van der Waals surface area contributed by atoms with Crippen LogP contribution in [0.1, 0.15) is 0 Å². The van der Waals surface area contributed by atoms with E-state index in [2.05, 4.69) is 109 Å². The number of nitro groups is 1. The number of nitro benzene ring substituents is 1. The maximum atomic E-state index is 12.3. The van der Waals surface area contributed by atoms with E-state index in [-0.39, 0.29) is 10.6 Å². The predicted octanol–water partition coefficient (Wildman–Crippen LogP) is 13.1. The molecule has 4 nitrogen and oxygen atoms in total. The molecule has 0 unspecified atom stereocenters. The minimum absolute atomic E-state index is 0.132. The van der Waals surface area contributed by atoms with Crippen LogP contribution in [-0.4, -0.2) is 4.92 Å². The summed E-state index contributed by atoms with van der Waals surface area (Å²) in [5, 5.41) is 22.1. The zero-order chi connectivity index (χ0) is 33.3. The van der Waals surface area contributed by atoms with E-state index in [9.17, 15) is 10.1 Å². The zero-order valence-corrected chi connectivity index (χ0v) is 26.8. The number of hydrogen-bond acceptors (Lipinski definition) is 3. The summed E-state index contributed by atoms with van der Waals surface area (Å²) in [5.41, 5.74) is 8.34. The van der Waals surface area contributed by atoms with Crippen molar-refractivity contribution in [2.45, 2.75) is 0 Å². The molecule has 0 atom stereocenters. The molecule has 0 spiro atoms. The molecule has 0 aliphatic carbocycles. The molecule has 0 bridgehead atoms. The minimum Gasteiger partial charge on any atom is -0.456 e. The molecule has 0 saturated carbocycles. The van der Waals surface area contributed by atoms with E-state index in [4.69, 9.17) is 4.42 Å². The molecule has 0 aliphatic rings. The molecule has 4 heteroatoms. The second-order valence-corrected chi connectivity index (χ2v) is 12.8. The quantitative estimate of drug-likeness (QED) is 0.109. The van der Waals surface area contributed by atoms with Gasteiger partial charge in [0.15, 0.2) is 0 Å². The first-order valence-corrected chi connectivity index (χ1v) is 16.7. The van der Waals surface area contributed by atoms with Crippen LogP contribution < -0.4 is 0 Å². The second-order valence-electron chi connectivity index (χ2n) is 12.8. The number of furan rings is 1. The van der Waals surface area contributed by atoms with Crippen molar-refractivity contribution in [3.05, 3.63) is 174 Å². The van der Waals surface area contributed by atoms with Gasteiger partial charge in [0.25, 0.3) is 5.69 Å². The van der Waals surface area contributed by atoms with Crippen molar-refractivity contribution < 1.29 is 9.34 Å². The molecule has 1 heterocycles. The van der Waals surface area contributed by atoms with Crippen LogP contribution in [0.2, 0.25) is 0 Å². The third-order valence-electron chi connectivity index (χ3n) is 10.1. The fraction of sp³-hybridized carbons (Fsp3) is 0. The van der Waals surface area contributed by atoms with Gasteiger partial charge in [0.2, 0.25) is 0 Å². The van der Waals surface area contributed by atoms with Crippen LogP contribution in [0.3, 0.4) is 0 Å². The SMILES string of the molecule is O=[N+]([O-])c1c2ccccc2c(-c2ccc3c(c2)oc2cccc(-c4c5ccccc5c(-c5ccccc5)c5ccccc45)c23)c2ccccc12. The van der Waals surface area contributed by atoms with E-state index >= 15 is 0 Å². The molecule has 10 aromatic rings. The maximum Gasteiger partial charge on any atom is 0.284 e.